The molecule has 0 aliphatic rings. The number of hydrogen-bond acceptors (Lipinski definition) is 6. The van der Waals surface area contributed by atoms with E-state index in [1.807, 2.05) is 5.32 Å². The second-order valence-electron chi connectivity index (χ2n) is 4.53. The summed E-state index contributed by atoms with van der Waals surface area (Å²) in [6.07, 6.45) is -1.43. The van der Waals surface area contributed by atoms with E-state index in [1.54, 1.807) is 0 Å². The van der Waals surface area contributed by atoms with Crippen LogP contribution in [-0.2, 0) is 9.53 Å². The fourth-order valence-electron chi connectivity index (χ4n) is 1.65. The van der Waals surface area contributed by atoms with E-state index < -0.39 is 51.9 Å². The topological polar surface area (TPSA) is 112 Å². The van der Waals surface area contributed by atoms with Crippen LogP contribution < -0.4 is 5.32 Å². The van der Waals surface area contributed by atoms with Crippen LogP contribution in [0.5, 0.6) is 0 Å². The molecule has 8 nitrogen and oxygen atoms in total. The molecule has 1 amide bonds. The van der Waals surface area contributed by atoms with Crippen LogP contribution in [-0.4, -0.2) is 22.9 Å². The molecule has 1 aromatic heterocycles. The van der Waals surface area contributed by atoms with Crippen molar-refractivity contribution >= 4 is 23.4 Å². The molecular weight excluding hydrogens is 330 g/mol. The maximum Gasteiger partial charge on any atom is 0.433 e. The van der Waals surface area contributed by atoms with Gasteiger partial charge in [-0.2, -0.15) is 0 Å². The Bertz CT molecular complexity index is 784. The van der Waals surface area contributed by atoms with Crippen LogP contribution in [0.2, 0.25) is 0 Å². The maximum atomic E-state index is 13.4. The van der Waals surface area contributed by atoms with E-state index >= 15 is 0 Å². The molecule has 0 aliphatic heterocycles. The highest BCUT2D eigenvalue weighted by Crippen LogP contribution is 2.19. The summed E-state index contributed by atoms with van der Waals surface area (Å²) in [5, 5.41) is 12.4. The number of para-hydroxylation sites is 1. The molecule has 0 bridgehead atoms. The van der Waals surface area contributed by atoms with Crippen molar-refractivity contribution in [2.24, 2.45) is 0 Å². The average molecular weight is 340 g/mol. The van der Waals surface area contributed by atoms with Crippen LogP contribution in [0.25, 0.3) is 0 Å². The number of rotatable bonds is 5. The highest BCUT2D eigenvalue weighted by Gasteiger charge is 2.24. The van der Waals surface area contributed by atoms with E-state index in [1.165, 1.54) is 0 Å². The molecule has 0 saturated carbocycles. The van der Waals surface area contributed by atoms with Crippen molar-refractivity contribution in [1.82, 2.24) is 0 Å². The standard InChI is InChI=1S/C14H10F2N2O6/c1-7(13(19)17-12-8(15)3-2-4-9(12)16)23-14(20)10-5-6-11(24-10)18(21)22/h2-7H,1H3,(H,17,19). The Hall–Kier alpha value is -3.30. The Labute approximate surface area is 133 Å². The van der Waals surface area contributed by atoms with Gasteiger partial charge in [0, 0.05) is 0 Å². The molecule has 0 spiro atoms. The van der Waals surface area contributed by atoms with E-state index in [-0.39, 0.29) is 0 Å². The number of furan rings is 1. The minimum Gasteiger partial charge on any atom is -0.447 e. The van der Waals surface area contributed by atoms with E-state index in [0.717, 1.165) is 37.3 Å². The number of benzene rings is 1. The van der Waals surface area contributed by atoms with Crippen molar-refractivity contribution in [3.63, 3.8) is 0 Å². The van der Waals surface area contributed by atoms with Gasteiger partial charge in [-0.25, -0.2) is 13.6 Å². The molecule has 1 aromatic carbocycles. The summed E-state index contributed by atoms with van der Waals surface area (Å²) in [6.45, 7) is 1.16. The van der Waals surface area contributed by atoms with Crippen LogP contribution in [0.15, 0.2) is 34.7 Å². The number of nitrogens with one attached hydrogen (secondary N) is 1. The number of nitro groups is 1. The first-order chi connectivity index (χ1) is 11.3. The van der Waals surface area contributed by atoms with Crippen molar-refractivity contribution in [3.8, 4) is 0 Å². The van der Waals surface area contributed by atoms with Crippen LogP contribution in [0.3, 0.4) is 0 Å². The summed E-state index contributed by atoms with van der Waals surface area (Å²) in [4.78, 5) is 33.2. The van der Waals surface area contributed by atoms with Crippen molar-refractivity contribution < 1.29 is 32.4 Å². The molecule has 1 atom stereocenters. The molecule has 2 aromatic rings. The molecule has 2 rings (SSSR count). The Kier molecular flexibility index (Phi) is 4.87. The summed E-state index contributed by atoms with van der Waals surface area (Å²) in [5.74, 6) is -5.29. The number of carbonyl (C=O) groups is 2. The van der Waals surface area contributed by atoms with Gasteiger partial charge in [-0.3, -0.25) is 14.9 Å². The summed E-state index contributed by atoms with van der Waals surface area (Å²) in [5.41, 5.74) is -0.681. The largest absolute Gasteiger partial charge is 0.447 e. The van der Waals surface area contributed by atoms with E-state index in [2.05, 4.69) is 4.42 Å². The first-order valence-corrected chi connectivity index (χ1v) is 6.49. The van der Waals surface area contributed by atoms with Crippen molar-refractivity contribution in [2.45, 2.75) is 13.0 Å². The number of carbonyl (C=O) groups excluding carboxylic acids is 2. The van der Waals surface area contributed by atoms with Gasteiger partial charge in [0.25, 0.3) is 5.91 Å². The fraction of sp³-hybridized carbons (Fsp3) is 0.143. The number of nitrogens with zero attached hydrogens (tertiary/aromatic N) is 1. The smallest absolute Gasteiger partial charge is 0.433 e. The van der Waals surface area contributed by atoms with Gasteiger partial charge >= 0.3 is 11.9 Å². The quantitative estimate of drug-likeness (QED) is 0.509. The van der Waals surface area contributed by atoms with Crippen LogP contribution in [0.1, 0.15) is 17.5 Å². The van der Waals surface area contributed by atoms with Gasteiger partial charge in [-0.15, -0.1) is 0 Å². The third-order valence-electron chi connectivity index (χ3n) is 2.84. The van der Waals surface area contributed by atoms with E-state index in [4.69, 9.17) is 4.74 Å². The number of anilines is 1. The van der Waals surface area contributed by atoms with Crippen molar-refractivity contribution in [3.05, 3.63) is 57.8 Å². The van der Waals surface area contributed by atoms with Crippen molar-refractivity contribution in [2.75, 3.05) is 5.32 Å². The third kappa shape index (κ3) is 3.72. The Morgan fingerprint density at radius 2 is 1.88 bits per heavy atom. The average Bonchev–Trinajstić information content (AvgIpc) is 3.01. The van der Waals surface area contributed by atoms with Gasteiger partial charge in [-0.1, -0.05) is 6.07 Å². The lowest BCUT2D eigenvalue weighted by Gasteiger charge is -2.13. The zero-order chi connectivity index (χ0) is 17.9. The van der Waals surface area contributed by atoms with E-state index in [0.29, 0.717) is 0 Å². The number of halogens is 2. The zero-order valence-electron chi connectivity index (χ0n) is 12.1. The highest BCUT2D eigenvalue weighted by molar-refractivity contribution is 5.96. The van der Waals surface area contributed by atoms with E-state index in [9.17, 15) is 28.5 Å². The molecule has 10 heteroatoms. The zero-order valence-corrected chi connectivity index (χ0v) is 12.1. The van der Waals surface area contributed by atoms with Crippen LogP contribution >= 0.6 is 0 Å². The molecule has 1 N–H and O–H groups in total. The number of hydrogen-bond donors (Lipinski definition) is 1. The molecule has 0 aliphatic carbocycles. The molecule has 1 heterocycles. The molecule has 0 radical (unpaired) electrons. The molecule has 0 fully saturated rings. The van der Waals surface area contributed by atoms with Gasteiger partial charge < -0.3 is 14.5 Å². The van der Waals surface area contributed by atoms with Gasteiger partial charge in [0.2, 0.25) is 5.76 Å². The van der Waals surface area contributed by atoms with Gasteiger partial charge in [0.1, 0.15) is 22.2 Å². The minimum atomic E-state index is -1.43. The molecule has 126 valence electrons. The van der Waals surface area contributed by atoms with Gasteiger partial charge in [0.15, 0.2) is 6.10 Å². The summed E-state index contributed by atoms with van der Waals surface area (Å²) < 4.78 is 36.2. The van der Waals surface area contributed by atoms with Crippen LogP contribution in [0, 0.1) is 21.7 Å². The lowest BCUT2D eigenvalue weighted by atomic mass is 10.2. The predicted octanol–water partition coefficient (Wildman–Crippen LogP) is 2.65. The fourth-order valence-corrected chi connectivity index (χ4v) is 1.65. The predicted molar refractivity (Wildman–Crippen MR) is 75.2 cm³/mol. The Balaban J connectivity index is 2.03. The van der Waals surface area contributed by atoms with Gasteiger partial charge in [-0.05, 0) is 25.1 Å². The maximum absolute atomic E-state index is 13.4. The monoisotopic (exact) mass is 340 g/mol. The Morgan fingerprint density at radius 3 is 2.42 bits per heavy atom. The SMILES string of the molecule is CC(OC(=O)c1ccc([N+](=O)[O-])o1)C(=O)Nc1c(F)cccc1F. The lowest BCUT2D eigenvalue weighted by Crippen LogP contribution is -2.30. The third-order valence-corrected chi connectivity index (χ3v) is 2.84. The number of amides is 1. The van der Waals surface area contributed by atoms with Gasteiger partial charge in [0.05, 0.1) is 6.07 Å². The van der Waals surface area contributed by atoms with Crippen LogP contribution in [0.4, 0.5) is 20.4 Å². The number of esters is 1. The lowest BCUT2D eigenvalue weighted by molar-refractivity contribution is -0.402. The first kappa shape index (κ1) is 17.1. The second-order valence-corrected chi connectivity index (χ2v) is 4.53. The summed E-state index contributed by atoms with van der Waals surface area (Å²) in [6, 6.07) is 4.94. The Morgan fingerprint density at radius 1 is 1.25 bits per heavy atom. The first-order valence-electron chi connectivity index (χ1n) is 6.49. The molecule has 24 heavy (non-hydrogen) atoms. The highest BCUT2D eigenvalue weighted by atomic mass is 19.1. The normalized spacial score (nSPS) is 11.6. The molecule has 1 unspecified atom stereocenters. The van der Waals surface area contributed by atoms with Crippen molar-refractivity contribution in [1.29, 1.82) is 0 Å². The minimum absolute atomic E-state index is 0.488. The summed E-state index contributed by atoms with van der Waals surface area (Å²) in [7, 11) is 0. The summed E-state index contributed by atoms with van der Waals surface area (Å²) >= 11 is 0. The molecular formula is C14H10F2N2O6. The molecule has 0 saturated heterocycles. The second kappa shape index (κ2) is 6.86. The number of ether oxygens (including phenoxy) is 1.